The fourth-order valence-corrected chi connectivity index (χ4v) is 3.73. The van der Waals surface area contributed by atoms with Crippen LogP contribution in [0.25, 0.3) is 0 Å². The van der Waals surface area contributed by atoms with E-state index in [1.54, 1.807) is 12.1 Å². The number of morpholine rings is 1. The fourth-order valence-electron chi connectivity index (χ4n) is 3.10. The van der Waals surface area contributed by atoms with Gasteiger partial charge in [0.2, 0.25) is 0 Å². The molecule has 9 heteroatoms. The van der Waals surface area contributed by atoms with Gasteiger partial charge < -0.3 is 15.4 Å². The van der Waals surface area contributed by atoms with Crippen LogP contribution in [0.4, 0.5) is 0 Å². The Balaban J connectivity index is 0.00000420. The normalized spacial score (nSPS) is 16.7. The highest BCUT2D eigenvalue weighted by atomic mass is 127. The highest BCUT2D eigenvalue weighted by Gasteiger charge is 2.13. The van der Waals surface area contributed by atoms with Crippen molar-refractivity contribution in [3.05, 3.63) is 29.8 Å². The molecule has 0 aromatic heterocycles. The summed E-state index contributed by atoms with van der Waals surface area (Å²) in [6.07, 6.45) is 2.03. The summed E-state index contributed by atoms with van der Waals surface area (Å²) < 4.78 is 28.4. The Morgan fingerprint density at radius 3 is 2.45 bits per heavy atom. The lowest BCUT2D eigenvalue weighted by molar-refractivity contribution is 0.0323. The van der Waals surface area contributed by atoms with Crippen LogP contribution in [0.5, 0.6) is 0 Å². The first-order valence-electron chi connectivity index (χ1n) is 9.99. The molecule has 2 N–H and O–H groups in total. The first-order chi connectivity index (χ1) is 13.4. The van der Waals surface area contributed by atoms with Crippen LogP contribution in [-0.4, -0.2) is 78.0 Å². The number of nitrogens with zero attached hydrogens (tertiary/aromatic N) is 2. The molecule has 1 fully saturated rings. The third-order valence-electron chi connectivity index (χ3n) is 4.64. The molecule has 1 heterocycles. The summed E-state index contributed by atoms with van der Waals surface area (Å²) in [6.45, 7) is 11.3. The smallest absolute Gasteiger partial charge is 0.191 e. The SMILES string of the molecule is CCNC(=NCC(C)CN1CCOCC1)NCCc1ccc(S(C)(=O)=O)cc1.I. The van der Waals surface area contributed by atoms with Gasteiger partial charge >= 0.3 is 0 Å². The van der Waals surface area contributed by atoms with E-state index in [0.29, 0.717) is 10.8 Å². The summed E-state index contributed by atoms with van der Waals surface area (Å²) in [7, 11) is -3.14. The van der Waals surface area contributed by atoms with Gasteiger partial charge in [-0.25, -0.2) is 8.42 Å². The van der Waals surface area contributed by atoms with Crippen LogP contribution in [0.1, 0.15) is 19.4 Å². The second-order valence-electron chi connectivity index (χ2n) is 7.33. The molecule has 2 rings (SSSR count). The molecule has 1 aromatic rings. The molecule has 0 aliphatic carbocycles. The van der Waals surface area contributed by atoms with E-state index in [0.717, 1.165) is 70.4 Å². The number of ether oxygens (including phenoxy) is 1. The summed E-state index contributed by atoms with van der Waals surface area (Å²) in [5.41, 5.74) is 1.09. The molecule has 0 spiro atoms. The number of nitrogens with one attached hydrogen (secondary N) is 2. The second kappa shape index (κ2) is 13.4. The summed E-state index contributed by atoms with van der Waals surface area (Å²) in [6, 6.07) is 7.06. The van der Waals surface area contributed by atoms with Crippen molar-refractivity contribution in [1.29, 1.82) is 0 Å². The molecule has 1 atom stereocenters. The predicted octanol–water partition coefficient (Wildman–Crippen LogP) is 1.77. The Bertz CT molecular complexity index is 720. The van der Waals surface area contributed by atoms with Crippen molar-refractivity contribution in [2.24, 2.45) is 10.9 Å². The molecule has 1 unspecified atom stereocenters. The number of halogens is 1. The Morgan fingerprint density at radius 1 is 1.21 bits per heavy atom. The standard InChI is InChI=1S/C20H34N4O3S.HI/c1-4-21-20(23-15-17(2)16-24-11-13-27-14-12-24)22-10-9-18-5-7-19(8-6-18)28(3,25)26;/h5-8,17H,4,9-16H2,1-3H3,(H2,21,22,23);1H. The number of sulfone groups is 1. The highest BCUT2D eigenvalue weighted by Crippen LogP contribution is 2.10. The monoisotopic (exact) mass is 538 g/mol. The zero-order valence-corrected chi connectivity index (χ0v) is 20.8. The lowest BCUT2D eigenvalue weighted by Gasteiger charge is -2.28. The minimum absolute atomic E-state index is 0. The molecule has 0 saturated carbocycles. The van der Waals surface area contributed by atoms with Crippen LogP contribution in [0, 0.1) is 5.92 Å². The molecular formula is C20H35IN4O3S. The van der Waals surface area contributed by atoms with E-state index in [1.807, 2.05) is 12.1 Å². The molecule has 1 aromatic carbocycles. The Kier molecular flexibility index (Phi) is 12.1. The number of benzene rings is 1. The number of guanidine groups is 1. The molecule has 1 saturated heterocycles. The van der Waals surface area contributed by atoms with E-state index in [4.69, 9.17) is 9.73 Å². The van der Waals surface area contributed by atoms with Crippen molar-refractivity contribution < 1.29 is 13.2 Å². The van der Waals surface area contributed by atoms with Gasteiger partial charge in [0, 0.05) is 45.5 Å². The van der Waals surface area contributed by atoms with Crippen molar-refractivity contribution in [2.45, 2.75) is 25.2 Å². The maximum Gasteiger partial charge on any atom is 0.191 e. The summed E-state index contributed by atoms with van der Waals surface area (Å²) in [5, 5.41) is 6.64. The van der Waals surface area contributed by atoms with Gasteiger partial charge in [0.05, 0.1) is 18.1 Å². The molecule has 0 bridgehead atoms. The molecule has 0 radical (unpaired) electrons. The fraction of sp³-hybridized carbons (Fsp3) is 0.650. The quantitative estimate of drug-likeness (QED) is 0.284. The molecular weight excluding hydrogens is 503 g/mol. The summed E-state index contributed by atoms with van der Waals surface area (Å²) >= 11 is 0. The minimum atomic E-state index is -3.14. The number of aliphatic imine (C=N–C) groups is 1. The lowest BCUT2D eigenvalue weighted by atomic mass is 10.1. The maximum absolute atomic E-state index is 11.5. The van der Waals surface area contributed by atoms with E-state index in [1.165, 1.54) is 6.26 Å². The average Bonchev–Trinajstić information content (AvgIpc) is 2.66. The first kappa shape index (κ1) is 26.1. The molecule has 166 valence electrons. The van der Waals surface area contributed by atoms with Crippen LogP contribution in [-0.2, 0) is 21.0 Å². The molecule has 1 aliphatic heterocycles. The predicted molar refractivity (Wildman–Crippen MR) is 129 cm³/mol. The van der Waals surface area contributed by atoms with Gasteiger partial charge in [-0.15, -0.1) is 24.0 Å². The zero-order chi connectivity index (χ0) is 20.4. The Labute approximate surface area is 192 Å². The molecule has 1 aliphatic rings. The number of rotatable bonds is 9. The second-order valence-corrected chi connectivity index (χ2v) is 9.35. The van der Waals surface area contributed by atoms with Crippen molar-refractivity contribution in [2.75, 3.05) is 58.7 Å². The van der Waals surface area contributed by atoms with Crippen LogP contribution in [0.3, 0.4) is 0 Å². The van der Waals surface area contributed by atoms with Crippen molar-refractivity contribution in [3.63, 3.8) is 0 Å². The van der Waals surface area contributed by atoms with Crippen molar-refractivity contribution >= 4 is 39.8 Å². The number of hydrogen-bond donors (Lipinski definition) is 2. The van der Waals surface area contributed by atoms with Gasteiger partial charge in [-0.3, -0.25) is 9.89 Å². The third kappa shape index (κ3) is 10.1. The van der Waals surface area contributed by atoms with E-state index < -0.39 is 9.84 Å². The third-order valence-corrected chi connectivity index (χ3v) is 5.76. The Hall–Kier alpha value is -0.910. The van der Waals surface area contributed by atoms with Gasteiger partial charge in [0.15, 0.2) is 15.8 Å². The van der Waals surface area contributed by atoms with Gasteiger partial charge in [-0.1, -0.05) is 19.1 Å². The van der Waals surface area contributed by atoms with Crippen LogP contribution >= 0.6 is 24.0 Å². The number of hydrogen-bond acceptors (Lipinski definition) is 5. The molecule has 7 nitrogen and oxygen atoms in total. The summed E-state index contributed by atoms with van der Waals surface area (Å²) in [4.78, 5) is 7.50. The zero-order valence-electron chi connectivity index (χ0n) is 17.7. The van der Waals surface area contributed by atoms with Crippen molar-refractivity contribution in [3.8, 4) is 0 Å². The van der Waals surface area contributed by atoms with E-state index in [2.05, 4.69) is 29.4 Å². The Morgan fingerprint density at radius 2 is 1.86 bits per heavy atom. The largest absolute Gasteiger partial charge is 0.379 e. The van der Waals surface area contributed by atoms with Gasteiger partial charge in [0.25, 0.3) is 0 Å². The van der Waals surface area contributed by atoms with E-state index in [9.17, 15) is 8.42 Å². The highest BCUT2D eigenvalue weighted by molar-refractivity contribution is 14.0. The van der Waals surface area contributed by atoms with Crippen molar-refractivity contribution in [1.82, 2.24) is 15.5 Å². The average molecular weight is 538 g/mol. The van der Waals surface area contributed by atoms with E-state index >= 15 is 0 Å². The van der Waals surface area contributed by atoms with Gasteiger partial charge in [-0.2, -0.15) is 0 Å². The van der Waals surface area contributed by atoms with Crippen LogP contribution < -0.4 is 10.6 Å². The lowest BCUT2D eigenvalue weighted by Crippen LogP contribution is -2.40. The molecule has 29 heavy (non-hydrogen) atoms. The maximum atomic E-state index is 11.5. The van der Waals surface area contributed by atoms with Gasteiger partial charge in [-0.05, 0) is 37.0 Å². The van der Waals surface area contributed by atoms with E-state index in [-0.39, 0.29) is 24.0 Å². The summed E-state index contributed by atoms with van der Waals surface area (Å²) in [5.74, 6) is 1.31. The van der Waals surface area contributed by atoms with Gasteiger partial charge in [0.1, 0.15) is 0 Å². The van der Waals surface area contributed by atoms with Crippen LogP contribution in [0.2, 0.25) is 0 Å². The van der Waals surface area contributed by atoms with Crippen LogP contribution in [0.15, 0.2) is 34.2 Å². The molecule has 0 amide bonds. The first-order valence-corrected chi connectivity index (χ1v) is 11.9. The topological polar surface area (TPSA) is 83.0 Å². The minimum Gasteiger partial charge on any atom is -0.379 e.